The summed E-state index contributed by atoms with van der Waals surface area (Å²) in [4.78, 5) is 36.2. The highest BCUT2D eigenvalue weighted by Crippen LogP contribution is 2.29. The molecule has 0 atom stereocenters. The van der Waals surface area contributed by atoms with Crippen LogP contribution in [0.1, 0.15) is 98.3 Å². The fourth-order valence-electron chi connectivity index (χ4n) is 6.64. The average molecular weight is 1100 g/mol. The number of amides is 2. The zero-order chi connectivity index (χ0) is 55.4. The Morgan fingerprint density at radius 1 is 0.712 bits per heavy atom. The monoisotopic (exact) mass is 1100 g/mol. The van der Waals surface area contributed by atoms with Gasteiger partial charge in [-0.15, -0.1) is 0 Å². The first-order valence-corrected chi connectivity index (χ1v) is 26.3. The number of carbonyl (C=O) groups excluding carboxylic acids is 3. The summed E-state index contributed by atoms with van der Waals surface area (Å²) in [6, 6.07) is 9.13. The summed E-state index contributed by atoms with van der Waals surface area (Å²) in [5, 5.41) is 23.6. The third-order valence-corrected chi connectivity index (χ3v) is 14.6. The van der Waals surface area contributed by atoms with Gasteiger partial charge in [-0.25, -0.2) is 48.6 Å². The lowest BCUT2D eigenvalue weighted by atomic mass is 10.0. The number of aromatic nitrogens is 4. The van der Waals surface area contributed by atoms with Crippen LogP contribution < -0.4 is 10.6 Å². The first kappa shape index (κ1) is 61.9. The van der Waals surface area contributed by atoms with Crippen LogP contribution in [0.5, 0.6) is 0 Å². The maximum absolute atomic E-state index is 14.7. The molecule has 0 fully saturated rings. The molecule has 0 unspecified atom stereocenters. The number of carbonyl (C=O) groups is 3. The molecule has 19 nitrogen and oxygen atoms in total. The zero-order valence-corrected chi connectivity index (χ0v) is 46.5. The smallest absolute Gasteiger partial charge is 0.407 e. The van der Waals surface area contributed by atoms with Gasteiger partial charge in [0.25, 0.3) is 0 Å². The SMILES string of the molecule is CCOC(=O)c1c(Cc2ccc(S(=O)(=O)N(C)C)c(Cl)c2)c(C)nn1C/C(F)=C/CNC(=O)OC(C)(C)C.Cc1nn(C/C(F)=C/CNC(=O)OC(C)(C)C)c(CO)c1Cc1ccc(S(=O)(=O)N(C)C)c(Cl)c1. The number of hydrogen-bond donors (Lipinski definition) is 3. The van der Waals surface area contributed by atoms with Gasteiger partial charge < -0.3 is 30.0 Å². The van der Waals surface area contributed by atoms with Crippen LogP contribution in [-0.4, -0.2) is 127 Å². The Balaban J connectivity index is 0.000000387. The first-order chi connectivity index (χ1) is 33.7. The predicted molar refractivity (Wildman–Crippen MR) is 273 cm³/mol. The molecule has 0 aliphatic carbocycles. The Morgan fingerprint density at radius 2 is 1.11 bits per heavy atom. The molecule has 4 aromatic rings. The highest BCUT2D eigenvalue weighted by atomic mass is 35.5. The predicted octanol–water partition coefficient (Wildman–Crippen LogP) is 7.80. The first-order valence-electron chi connectivity index (χ1n) is 22.7. The van der Waals surface area contributed by atoms with Crippen LogP contribution in [0.25, 0.3) is 0 Å². The molecule has 0 aliphatic heterocycles. The summed E-state index contributed by atoms with van der Waals surface area (Å²) in [6.45, 7) is 14.3. The fourth-order valence-corrected chi connectivity index (χ4v) is 9.51. The van der Waals surface area contributed by atoms with E-state index in [4.69, 9.17) is 37.4 Å². The minimum atomic E-state index is -3.74. The van der Waals surface area contributed by atoms with E-state index in [-0.39, 0.29) is 71.3 Å². The lowest BCUT2D eigenvalue weighted by Crippen LogP contribution is -2.32. The van der Waals surface area contributed by atoms with Crippen LogP contribution in [0.4, 0.5) is 18.4 Å². The van der Waals surface area contributed by atoms with Crippen molar-refractivity contribution in [2.24, 2.45) is 0 Å². The molecule has 0 bridgehead atoms. The van der Waals surface area contributed by atoms with E-state index >= 15 is 0 Å². The third kappa shape index (κ3) is 18.2. The molecule has 2 aromatic heterocycles. The van der Waals surface area contributed by atoms with Gasteiger partial charge in [0.05, 0.1) is 53.4 Å². The molecular formula is C48H66Cl2F2N8O11S2. The van der Waals surface area contributed by atoms with E-state index in [0.29, 0.717) is 45.8 Å². The van der Waals surface area contributed by atoms with Gasteiger partial charge in [0.1, 0.15) is 32.6 Å². The van der Waals surface area contributed by atoms with E-state index in [1.54, 1.807) is 80.5 Å². The topological polar surface area (TPSA) is 234 Å². The second-order valence-corrected chi connectivity index (χ2v) is 23.7. The number of esters is 1. The molecule has 0 aliphatic rings. The summed E-state index contributed by atoms with van der Waals surface area (Å²) in [5.74, 6) is -1.87. The van der Waals surface area contributed by atoms with Crippen molar-refractivity contribution in [3.8, 4) is 0 Å². The Bertz CT molecular complexity index is 2910. The van der Waals surface area contributed by atoms with Crippen molar-refractivity contribution in [3.05, 3.63) is 115 Å². The van der Waals surface area contributed by atoms with Crippen molar-refractivity contribution in [3.63, 3.8) is 0 Å². The Labute approximate surface area is 436 Å². The number of hydrogen-bond acceptors (Lipinski definition) is 13. The summed E-state index contributed by atoms with van der Waals surface area (Å²) in [6.07, 6.45) is 1.50. The van der Waals surface area contributed by atoms with Gasteiger partial charge in [-0.3, -0.25) is 9.36 Å². The van der Waals surface area contributed by atoms with Gasteiger partial charge in [0.15, 0.2) is 5.69 Å². The van der Waals surface area contributed by atoms with Crippen molar-refractivity contribution in [1.82, 2.24) is 38.8 Å². The number of sulfonamides is 2. The van der Waals surface area contributed by atoms with Crippen LogP contribution >= 0.6 is 23.2 Å². The lowest BCUT2D eigenvalue weighted by Gasteiger charge is -2.19. The quantitative estimate of drug-likeness (QED) is 0.0602. The van der Waals surface area contributed by atoms with Crippen LogP contribution in [0.3, 0.4) is 0 Å². The molecule has 0 saturated carbocycles. The van der Waals surface area contributed by atoms with E-state index < -0.39 is 61.1 Å². The molecule has 4 rings (SSSR count). The van der Waals surface area contributed by atoms with Crippen LogP contribution in [0, 0.1) is 13.8 Å². The summed E-state index contributed by atoms with van der Waals surface area (Å²) in [5.41, 5.74) is 2.71. The van der Waals surface area contributed by atoms with E-state index in [0.717, 1.165) is 14.7 Å². The number of alkyl carbamates (subject to hydrolysis) is 2. The fraction of sp³-hybridized carbons (Fsp3) is 0.479. The van der Waals surface area contributed by atoms with Crippen molar-refractivity contribution >= 4 is 61.4 Å². The highest BCUT2D eigenvalue weighted by Gasteiger charge is 2.27. The summed E-state index contributed by atoms with van der Waals surface area (Å²) < 4.78 is 99.0. The Hall–Kier alpha value is -5.43. The number of aliphatic hydroxyl groups is 1. The molecule has 73 heavy (non-hydrogen) atoms. The van der Waals surface area contributed by atoms with Gasteiger partial charge in [0, 0.05) is 65.2 Å². The number of aliphatic hydroxyl groups excluding tert-OH is 1. The lowest BCUT2D eigenvalue weighted by molar-refractivity contribution is 0.0505. The molecule has 0 spiro atoms. The second-order valence-electron chi connectivity index (χ2n) is 18.6. The minimum absolute atomic E-state index is 0.00471. The largest absolute Gasteiger partial charge is 0.461 e. The third-order valence-electron chi connectivity index (χ3n) is 10.0. The standard InChI is InChI=1S/C25H34ClFN4O6S.C23H32ClFN4O5S/c1-8-36-23(32)22-19(13-17-9-10-21(20(26)14-17)38(34,35)30(6)7)16(2)29-31(22)15-18(27)11-12-28-24(33)37-25(3,4)5;1-15-18(11-16-7-8-21(19(24)12-16)35(32,33)28(5)6)20(14-30)29(27-15)13-17(25)9-10-26-22(31)34-23(2,3)4/h9-11,14H,8,12-13,15H2,1-7H3,(H,28,33);7-9,12,30H,10-11,13-14H2,1-6H3,(H,26,31)/b18-11-;17-9-. The van der Waals surface area contributed by atoms with Crippen molar-refractivity contribution in [2.45, 2.75) is 116 Å². The van der Waals surface area contributed by atoms with Gasteiger partial charge in [-0.05, 0) is 110 Å². The van der Waals surface area contributed by atoms with Gasteiger partial charge in [-0.2, -0.15) is 10.2 Å². The number of rotatable bonds is 19. The molecule has 3 N–H and O–H groups in total. The van der Waals surface area contributed by atoms with Crippen molar-refractivity contribution in [2.75, 3.05) is 47.9 Å². The number of ether oxygens (including phenoxy) is 3. The Kier molecular flexibility index (Phi) is 22.2. The molecule has 0 radical (unpaired) electrons. The summed E-state index contributed by atoms with van der Waals surface area (Å²) >= 11 is 12.5. The van der Waals surface area contributed by atoms with Crippen molar-refractivity contribution < 1.29 is 59.3 Å². The van der Waals surface area contributed by atoms with Crippen LogP contribution in [0.2, 0.25) is 10.0 Å². The molecule has 2 amide bonds. The molecule has 0 saturated heterocycles. The van der Waals surface area contributed by atoms with E-state index in [2.05, 4.69) is 20.8 Å². The van der Waals surface area contributed by atoms with Gasteiger partial charge >= 0.3 is 18.2 Å². The highest BCUT2D eigenvalue weighted by molar-refractivity contribution is 7.89. The zero-order valence-electron chi connectivity index (χ0n) is 43.3. The van der Waals surface area contributed by atoms with Gasteiger partial charge in [0.2, 0.25) is 20.0 Å². The minimum Gasteiger partial charge on any atom is -0.461 e. The number of benzene rings is 2. The average Bonchev–Trinajstić information content (AvgIpc) is 3.71. The number of nitrogens with one attached hydrogen (secondary N) is 2. The van der Waals surface area contributed by atoms with E-state index in [9.17, 15) is 45.1 Å². The Morgan fingerprint density at radius 3 is 1.49 bits per heavy atom. The number of halogens is 4. The number of allylic oxidation sites excluding steroid dienone is 2. The van der Waals surface area contributed by atoms with Crippen molar-refractivity contribution in [1.29, 1.82) is 0 Å². The van der Waals surface area contributed by atoms with Crippen LogP contribution in [0.15, 0.2) is 70.0 Å². The van der Waals surface area contributed by atoms with E-state index in [1.807, 2.05) is 0 Å². The molecule has 25 heteroatoms. The number of aryl methyl sites for hydroxylation is 2. The number of nitrogens with zero attached hydrogens (tertiary/aromatic N) is 6. The maximum Gasteiger partial charge on any atom is 0.407 e. The molecule has 404 valence electrons. The van der Waals surface area contributed by atoms with Gasteiger partial charge in [-0.1, -0.05) is 35.3 Å². The van der Waals surface area contributed by atoms with E-state index in [1.165, 1.54) is 61.8 Å². The van der Waals surface area contributed by atoms with Crippen LogP contribution in [-0.2, 0) is 66.8 Å². The molecule has 2 aromatic carbocycles. The molecule has 2 heterocycles. The molecular weight excluding hydrogens is 1040 g/mol. The maximum atomic E-state index is 14.7. The second kappa shape index (κ2) is 26.2. The normalized spacial score (nSPS) is 12.7. The summed E-state index contributed by atoms with van der Waals surface area (Å²) in [7, 11) is -1.77.